The summed E-state index contributed by atoms with van der Waals surface area (Å²) in [5.41, 5.74) is 1.61. The SMILES string of the molecule is COc1ncnc2c1nc(CCl)n2-c1ccc(F)c(Cl)c1. The fourth-order valence-electron chi connectivity index (χ4n) is 2.05. The first-order chi connectivity index (χ1) is 10.2. The van der Waals surface area contributed by atoms with Gasteiger partial charge in [0, 0.05) is 0 Å². The van der Waals surface area contributed by atoms with Gasteiger partial charge in [-0.05, 0) is 18.2 Å². The van der Waals surface area contributed by atoms with Crippen molar-refractivity contribution in [3.05, 3.63) is 41.2 Å². The quantitative estimate of drug-likeness (QED) is 0.692. The van der Waals surface area contributed by atoms with Crippen LogP contribution in [0.2, 0.25) is 5.02 Å². The summed E-state index contributed by atoms with van der Waals surface area (Å²) in [6.45, 7) is 0. The molecule has 0 radical (unpaired) electrons. The van der Waals surface area contributed by atoms with E-state index >= 15 is 0 Å². The maximum Gasteiger partial charge on any atom is 0.245 e. The van der Waals surface area contributed by atoms with Crippen molar-refractivity contribution in [2.75, 3.05) is 7.11 Å². The van der Waals surface area contributed by atoms with Crippen LogP contribution < -0.4 is 4.74 Å². The molecule has 3 aromatic rings. The maximum absolute atomic E-state index is 13.3. The van der Waals surface area contributed by atoms with E-state index in [0.29, 0.717) is 28.6 Å². The second kappa shape index (κ2) is 5.46. The van der Waals surface area contributed by atoms with Crippen LogP contribution in [0.25, 0.3) is 16.9 Å². The molecule has 0 unspecified atom stereocenters. The van der Waals surface area contributed by atoms with Crippen LogP contribution in [0.3, 0.4) is 0 Å². The fourth-order valence-corrected chi connectivity index (χ4v) is 2.41. The van der Waals surface area contributed by atoms with Crippen LogP contribution in [0.5, 0.6) is 5.88 Å². The molecular weight excluding hydrogens is 318 g/mol. The van der Waals surface area contributed by atoms with Crippen molar-refractivity contribution in [2.24, 2.45) is 0 Å². The van der Waals surface area contributed by atoms with Crippen LogP contribution in [0.15, 0.2) is 24.5 Å². The molecule has 2 aromatic heterocycles. The number of fused-ring (bicyclic) bond motifs is 1. The maximum atomic E-state index is 13.3. The van der Waals surface area contributed by atoms with Gasteiger partial charge in [-0.2, -0.15) is 4.98 Å². The first kappa shape index (κ1) is 14.0. The van der Waals surface area contributed by atoms with Crippen molar-refractivity contribution in [1.82, 2.24) is 19.5 Å². The molecule has 2 heterocycles. The van der Waals surface area contributed by atoms with Crippen molar-refractivity contribution < 1.29 is 9.13 Å². The van der Waals surface area contributed by atoms with Crippen LogP contribution in [-0.4, -0.2) is 26.6 Å². The topological polar surface area (TPSA) is 52.8 Å². The number of halogens is 3. The van der Waals surface area contributed by atoms with E-state index in [2.05, 4.69) is 15.0 Å². The fraction of sp³-hybridized carbons (Fsp3) is 0.154. The lowest BCUT2D eigenvalue weighted by molar-refractivity contribution is 0.401. The largest absolute Gasteiger partial charge is 0.479 e. The van der Waals surface area contributed by atoms with Gasteiger partial charge >= 0.3 is 0 Å². The Balaban J connectivity index is 2.32. The Morgan fingerprint density at radius 3 is 2.81 bits per heavy atom. The average Bonchev–Trinajstić information content (AvgIpc) is 2.88. The van der Waals surface area contributed by atoms with Crippen LogP contribution in [0.1, 0.15) is 5.82 Å². The van der Waals surface area contributed by atoms with Crippen molar-refractivity contribution >= 4 is 34.4 Å². The van der Waals surface area contributed by atoms with Crippen molar-refractivity contribution in [1.29, 1.82) is 0 Å². The second-order valence-corrected chi connectivity index (χ2v) is 4.83. The third kappa shape index (κ3) is 2.30. The number of methoxy groups -OCH3 is 1. The molecule has 0 bridgehead atoms. The molecule has 0 aliphatic carbocycles. The predicted octanol–water partition coefficient (Wildman–Crippen LogP) is 3.36. The highest BCUT2D eigenvalue weighted by Crippen LogP contribution is 2.27. The number of imidazole rings is 1. The number of rotatable bonds is 3. The minimum absolute atomic E-state index is 0.0101. The second-order valence-electron chi connectivity index (χ2n) is 4.15. The van der Waals surface area contributed by atoms with E-state index in [4.69, 9.17) is 27.9 Å². The van der Waals surface area contributed by atoms with Gasteiger partial charge in [-0.3, -0.25) is 4.57 Å². The summed E-state index contributed by atoms with van der Waals surface area (Å²) >= 11 is 11.8. The van der Waals surface area contributed by atoms with Crippen LogP contribution in [0.4, 0.5) is 4.39 Å². The first-order valence-electron chi connectivity index (χ1n) is 5.93. The molecular formula is C13H9Cl2FN4O. The van der Waals surface area contributed by atoms with Gasteiger partial charge in [0.15, 0.2) is 11.2 Å². The lowest BCUT2D eigenvalue weighted by atomic mass is 10.3. The van der Waals surface area contributed by atoms with Crippen LogP contribution >= 0.6 is 23.2 Å². The Kier molecular flexibility index (Phi) is 3.65. The number of nitrogens with zero attached hydrogens (tertiary/aromatic N) is 4. The van der Waals surface area contributed by atoms with E-state index in [9.17, 15) is 4.39 Å². The number of hydrogen-bond acceptors (Lipinski definition) is 4. The van der Waals surface area contributed by atoms with Gasteiger partial charge in [-0.1, -0.05) is 11.6 Å². The van der Waals surface area contributed by atoms with Crippen LogP contribution in [-0.2, 0) is 5.88 Å². The Hall–Kier alpha value is -1.92. The molecule has 0 saturated carbocycles. The molecule has 0 aliphatic rings. The number of ether oxygens (including phenoxy) is 1. The van der Waals surface area contributed by atoms with Gasteiger partial charge in [0.1, 0.15) is 18.0 Å². The van der Waals surface area contributed by atoms with Gasteiger partial charge in [-0.25, -0.2) is 14.4 Å². The minimum atomic E-state index is -0.496. The molecule has 0 N–H and O–H groups in total. The summed E-state index contributed by atoms with van der Waals surface area (Å²) in [6, 6.07) is 4.34. The highest BCUT2D eigenvalue weighted by atomic mass is 35.5. The van der Waals surface area contributed by atoms with E-state index in [-0.39, 0.29) is 10.9 Å². The Labute approximate surface area is 129 Å². The normalized spacial score (nSPS) is 11.0. The number of alkyl halides is 1. The van der Waals surface area contributed by atoms with E-state index < -0.39 is 5.82 Å². The zero-order valence-electron chi connectivity index (χ0n) is 10.8. The molecule has 21 heavy (non-hydrogen) atoms. The zero-order valence-corrected chi connectivity index (χ0v) is 12.4. The monoisotopic (exact) mass is 326 g/mol. The summed E-state index contributed by atoms with van der Waals surface area (Å²) in [5.74, 6) is 0.532. The summed E-state index contributed by atoms with van der Waals surface area (Å²) in [6.07, 6.45) is 1.36. The van der Waals surface area contributed by atoms with Gasteiger partial charge < -0.3 is 4.74 Å². The van der Waals surface area contributed by atoms with Crippen LogP contribution in [0, 0.1) is 5.82 Å². The standard InChI is InChI=1S/C13H9Cl2FN4O/c1-21-13-11-12(17-6-18-13)20(10(5-14)19-11)7-2-3-9(16)8(15)4-7/h2-4,6H,5H2,1H3. The van der Waals surface area contributed by atoms with E-state index in [0.717, 1.165) is 0 Å². The highest BCUT2D eigenvalue weighted by Gasteiger charge is 2.17. The van der Waals surface area contributed by atoms with E-state index in [1.165, 1.54) is 25.6 Å². The van der Waals surface area contributed by atoms with Gasteiger partial charge in [-0.15, -0.1) is 11.6 Å². The lowest BCUT2D eigenvalue weighted by Gasteiger charge is -2.08. The van der Waals surface area contributed by atoms with E-state index in [1.807, 2.05) is 0 Å². The summed E-state index contributed by atoms with van der Waals surface area (Å²) in [7, 11) is 1.50. The molecule has 0 amide bonds. The van der Waals surface area contributed by atoms with Gasteiger partial charge in [0.25, 0.3) is 0 Å². The Bertz CT molecular complexity index is 821. The van der Waals surface area contributed by atoms with Crippen molar-refractivity contribution in [3.63, 3.8) is 0 Å². The molecule has 1 aromatic carbocycles. The van der Waals surface area contributed by atoms with Gasteiger partial charge in [0.2, 0.25) is 5.88 Å². The molecule has 0 spiro atoms. The molecule has 108 valence electrons. The summed E-state index contributed by atoms with van der Waals surface area (Å²) in [4.78, 5) is 12.6. The number of aromatic nitrogens is 4. The minimum Gasteiger partial charge on any atom is -0.479 e. The molecule has 8 heteroatoms. The smallest absolute Gasteiger partial charge is 0.245 e. The molecule has 3 rings (SSSR count). The Morgan fingerprint density at radius 1 is 1.33 bits per heavy atom. The third-order valence-corrected chi connectivity index (χ3v) is 3.48. The number of hydrogen-bond donors (Lipinski definition) is 0. The summed E-state index contributed by atoms with van der Waals surface area (Å²) < 4.78 is 20.2. The number of benzene rings is 1. The predicted molar refractivity (Wildman–Crippen MR) is 77.7 cm³/mol. The third-order valence-electron chi connectivity index (χ3n) is 2.95. The van der Waals surface area contributed by atoms with Crippen molar-refractivity contribution in [3.8, 4) is 11.6 Å². The average molecular weight is 327 g/mol. The molecule has 0 fully saturated rings. The highest BCUT2D eigenvalue weighted by molar-refractivity contribution is 6.30. The van der Waals surface area contributed by atoms with Gasteiger partial charge in [0.05, 0.1) is 23.7 Å². The first-order valence-corrected chi connectivity index (χ1v) is 6.84. The van der Waals surface area contributed by atoms with Crippen molar-refractivity contribution in [2.45, 2.75) is 5.88 Å². The zero-order chi connectivity index (χ0) is 15.0. The lowest BCUT2D eigenvalue weighted by Crippen LogP contribution is -2.01. The van der Waals surface area contributed by atoms with E-state index in [1.54, 1.807) is 10.6 Å². The molecule has 0 atom stereocenters. The molecule has 5 nitrogen and oxygen atoms in total. The molecule has 0 aliphatic heterocycles. The Morgan fingerprint density at radius 2 is 2.14 bits per heavy atom. The molecule has 0 saturated heterocycles. The summed E-state index contributed by atoms with van der Waals surface area (Å²) in [5, 5.41) is 0.0101.